The molecule has 0 unspecified atom stereocenters. The van der Waals surface area contributed by atoms with Gasteiger partial charge in [-0.15, -0.1) is 0 Å². The van der Waals surface area contributed by atoms with Crippen LogP contribution in [-0.2, 0) is 4.79 Å². The molecule has 8 heteroatoms. The van der Waals surface area contributed by atoms with Gasteiger partial charge in [-0.2, -0.15) is 0 Å². The molecule has 0 radical (unpaired) electrons. The lowest BCUT2D eigenvalue weighted by Gasteiger charge is -2.18. The molecule has 0 atom stereocenters. The third-order valence-corrected chi connectivity index (χ3v) is 4.72. The second-order valence-electron chi connectivity index (χ2n) is 6.58. The lowest BCUT2D eigenvalue weighted by Crippen LogP contribution is -2.39. The van der Waals surface area contributed by atoms with Gasteiger partial charge >= 0.3 is 6.03 Å². The van der Waals surface area contributed by atoms with Crippen LogP contribution in [-0.4, -0.2) is 60.4 Å². The molecule has 140 valence electrons. The molecule has 7 nitrogen and oxygen atoms in total. The molecule has 2 heterocycles. The minimum Gasteiger partial charge on any atom is -0.343 e. The molecule has 0 aliphatic carbocycles. The van der Waals surface area contributed by atoms with Gasteiger partial charge in [-0.3, -0.25) is 9.59 Å². The molecule has 3 rings (SSSR count). The highest BCUT2D eigenvalue weighted by Crippen LogP contribution is 2.19. The average Bonchev–Trinajstić information content (AvgIpc) is 3.34. The molecule has 0 saturated carbocycles. The minimum atomic E-state index is -0.589. The van der Waals surface area contributed by atoms with Crippen molar-refractivity contribution in [3.63, 3.8) is 0 Å². The second-order valence-corrected chi connectivity index (χ2v) is 6.58. The minimum absolute atomic E-state index is 0.00627. The summed E-state index contributed by atoms with van der Waals surface area (Å²) in [5.74, 6) is -1.33. The Morgan fingerprint density at radius 2 is 1.58 bits per heavy atom. The zero-order chi connectivity index (χ0) is 18.5. The monoisotopic (exact) mass is 362 g/mol. The van der Waals surface area contributed by atoms with E-state index >= 15 is 0 Å². The number of carbonyl (C=O) groups is 3. The molecule has 0 bridgehead atoms. The number of hydrogen-bond acceptors (Lipinski definition) is 3. The Kier molecular flexibility index (Phi) is 5.70. The first-order valence-electron chi connectivity index (χ1n) is 8.96. The summed E-state index contributed by atoms with van der Waals surface area (Å²) in [6.45, 7) is 2.59. The van der Waals surface area contributed by atoms with Crippen LogP contribution in [0.4, 0.5) is 14.9 Å². The highest BCUT2D eigenvalue weighted by atomic mass is 19.1. The molecule has 2 saturated heterocycles. The molecule has 26 heavy (non-hydrogen) atoms. The fraction of sp³-hybridized carbons (Fsp3) is 0.500. The van der Waals surface area contributed by atoms with Gasteiger partial charge in [-0.25, -0.2) is 9.18 Å². The maximum atomic E-state index is 13.6. The quantitative estimate of drug-likeness (QED) is 0.857. The first-order chi connectivity index (χ1) is 12.5. The van der Waals surface area contributed by atoms with Crippen molar-refractivity contribution in [3.05, 3.63) is 29.6 Å². The Morgan fingerprint density at radius 1 is 0.962 bits per heavy atom. The van der Waals surface area contributed by atoms with Crippen molar-refractivity contribution in [2.75, 3.05) is 38.0 Å². The van der Waals surface area contributed by atoms with E-state index in [4.69, 9.17) is 0 Å². The highest BCUT2D eigenvalue weighted by molar-refractivity contribution is 6.04. The van der Waals surface area contributed by atoms with E-state index in [9.17, 15) is 18.8 Å². The summed E-state index contributed by atoms with van der Waals surface area (Å²) in [4.78, 5) is 40.1. The number of likely N-dealkylation sites (tertiary alicyclic amines) is 2. The Bertz CT molecular complexity index is 698. The van der Waals surface area contributed by atoms with Gasteiger partial charge in [0, 0.05) is 26.2 Å². The predicted molar refractivity (Wildman–Crippen MR) is 94.4 cm³/mol. The van der Waals surface area contributed by atoms with Crippen molar-refractivity contribution in [2.24, 2.45) is 0 Å². The lowest BCUT2D eigenvalue weighted by atomic mass is 10.1. The smallest absolute Gasteiger partial charge is 0.321 e. The zero-order valence-corrected chi connectivity index (χ0v) is 14.6. The van der Waals surface area contributed by atoms with Crippen LogP contribution >= 0.6 is 0 Å². The van der Waals surface area contributed by atoms with E-state index in [0.717, 1.165) is 31.7 Å². The standard InChI is InChI=1S/C18H23FN4O3/c19-13-5-6-15(21-18(26)23-9-3-4-10-23)14(11-13)17(25)20-12-16(24)22-7-1-2-8-22/h5-6,11H,1-4,7-10,12H2,(H,20,25)(H,21,26). The van der Waals surface area contributed by atoms with Crippen molar-refractivity contribution in [1.82, 2.24) is 15.1 Å². The number of carbonyl (C=O) groups excluding carboxylic acids is 3. The van der Waals surface area contributed by atoms with Crippen molar-refractivity contribution in [1.29, 1.82) is 0 Å². The van der Waals surface area contributed by atoms with E-state index in [-0.39, 0.29) is 29.7 Å². The van der Waals surface area contributed by atoms with Gasteiger partial charge in [-0.05, 0) is 43.9 Å². The van der Waals surface area contributed by atoms with Crippen LogP contribution in [0.1, 0.15) is 36.0 Å². The molecular weight excluding hydrogens is 339 g/mol. The van der Waals surface area contributed by atoms with Crippen molar-refractivity contribution >= 4 is 23.5 Å². The van der Waals surface area contributed by atoms with Gasteiger partial charge in [0.2, 0.25) is 5.91 Å². The predicted octanol–water partition coefficient (Wildman–Crippen LogP) is 1.81. The number of urea groups is 1. The maximum absolute atomic E-state index is 13.6. The normalized spacial score (nSPS) is 16.7. The van der Waals surface area contributed by atoms with Crippen LogP contribution in [0.15, 0.2) is 18.2 Å². The summed E-state index contributed by atoms with van der Waals surface area (Å²) in [6, 6.07) is 3.30. The number of rotatable bonds is 4. The topological polar surface area (TPSA) is 81.8 Å². The van der Waals surface area contributed by atoms with Gasteiger partial charge in [0.15, 0.2) is 0 Å². The molecular formula is C18H23FN4O3. The number of hydrogen-bond donors (Lipinski definition) is 2. The van der Waals surface area contributed by atoms with Crippen LogP contribution in [0, 0.1) is 5.82 Å². The average molecular weight is 362 g/mol. The highest BCUT2D eigenvalue weighted by Gasteiger charge is 2.22. The maximum Gasteiger partial charge on any atom is 0.321 e. The molecule has 0 aromatic heterocycles. The van der Waals surface area contributed by atoms with Crippen LogP contribution in [0.3, 0.4) is 0 Å². The van der Waals surface area contributed by atoms with Crippen molar-refractivity contribution in [3.8, 4) is 0 Å². The van der Waals surface area contributed by atoms with Gasteiger partial charge in [0.1, 0.15) is 5.82 Å². The third kappa shape index (κ3) is 4.30. The summed E-state index contributed by atoms with van der Waals surface area (Å²) in [5, 5.41) is 5.19. The third-order valence-electron chi connectivity index (χ3n) is 4.72. The van der Waals surface area contributed by atoms with E-state index < -0.39 is 11.7 Å². The first kappa shape index (κ1) is 18.2. The molecule has 2 aliphatic rings. The fourth-order valence-corrected chi connectivity index (χ4v) is 3.26. The molecule has 0 spiro atoms. The Hall–Kier alpha value is -2.64. The van der Waals surface area contributed by atoms with Crippen LogP contribution in [0.2, 0.25) is 0 Å². The van der Waals surface area contributed by atoms with Crippen LogP contribution < -0.4 is 10.6 Å². The molecule has 2 aliphatic heterocycles. The summed E-state index contributed by atoms with van der Waals surface area (Å²) in [7, 11) is 0. The molecule has 1 aromatic rings. The number of halogens is 1. The summed E-state index contributed by atoms with van der Waals surface area (Å²) in [5.41, 5.74) is 0.237. The summed E-state index contributed by atoms with van der Waals surface area (Å²) in [6.07, 6.45) is 3.83. The summed E-state index contributed by atoms with van der Waals surface area (Å²) < 4.78 is 13.6. The fourth-order valence-electron chi connectivity index (χ4n) is 3.26. The van der Waals surface area contributed by atoms with Gasteiger partial charge < -0.3 is 20.4 Å². The van der Waals surface area contributed by atoms with Gasteiger partial charge in [0.25, 0.3) is 5.91 Å². The van der Waals surface area contributed by atoms with Crippen LogP contribution in [0.5, 0.6) is 0 Å². The zero-order valence-electron chi connectivity index (χ0n) is 14.6. The number of nitrogens with zero attached hydrogens (tertiary/aromatic N) is 2. The van der Waals surface area contributed by atoms with E-state index in [1.807, 2.05) is 0 Å². The van der Waals surface area contributed by atoms with Crippen LogP contribution in [0.25, 0.3) is 0 Å². The lowest BCUT2D eigenvalue weighted by molar-refractivity contribution is -0.129. The Balaban J connectivity index is 1.65. The Labute approximate surface area is 151 Å². The second kappa shape index (κ2) is 8.16. The van der Waals surface area contributed by atoms with E-state index in [2.05, 4.69) is 10.6 Å². The SMILES string of the molecule is O=C(NCC(=O)N1CCCC1)c1cc(F)ccc1NC(=O)N1CCCC1. The van der Waals surface area contributed by atoms with Crippen molar-refractivity contribution < 1.29 is 18.8 Å². The number of amides is 4. The van der Waals surface area contributed by atoms with E-state index in [1.54, 1.807) is 9.80 Å². The molecule has 1 aromatic carbocycles. The molecule has 2 N–H and O–H groups in total. The van der Waals surface area contributed by atoms with Crippen molar-refractivity contribution in [2.45, 2.75) is 25.7 Å². The Morgan fingerprint density at radius 3 is 2.23 bits per heavy atom. The van der Waals surface area contributed by atoms with E-state index in [1.165, 1.54) is 12.1 Å². The first-order valence-corrected chi connectivity index (χ1v) is 8.96. The number of nitrogens with one attached hydrogen (secondary N) is 2. The van der Waals surface area contributed by atoms with E-state index in [0.29, 0.717) is 26.2 Å². The van der Waals surface area contributed by atoms with Gasteiger partial charge in [-0.1, -0.05) is 0 Å². The molecule has 4 amide bonds. The largest absolute Gasteiger partial charge is 0.343 e. The number of anilines is 1. The summed E-state index contributed by atoms with van der Waals surface area (Å²) >= 11 is 0. The van der Waals surface area contributed by atoms with Gasteiger partial charge in [0.05, 0.1) is 17.8 Å². The molecule has 2 fully saturated rings. The number of benzene rings is 1.